The number of carboxylic acid groups (broad SMARTS) is 1. The number of rotatable bonds is 9. The van der Waals surface area contributed by atoms with Crippen molar-refractivity contribution in [2.24, 2.45) is 5.41 Å². The number of hydrogen-bond donors (Lipinski definition) is 1. The molecule has 5 nitrogen and oxygen atoms in total. The lowest BCUT2D eigenvalue weighted by molar-refractivity contribution is -0.143. The van der Waals surface area contributed by atoms with Gasteiger partial charge in [0.15, 0.2) is 0 Å². The van der Waals surface area contributed by atoms with Crippen LogP contribution in [0.2, 0.25) is 0 Å². The summed E-state index contributed by atoms with van der Waals surface area (Å²) >= 11 is 0. The minimum absolute atomic E-state index is 0.0315. The first-order valence-corrected chi connectivity index (χ1v) is 9.07. The maximum atomic E-state index is 13.0. The Hall–Kier alpha value is -1.88. The van der Waals surface area contributed by atoms with Gasteiger partial charge in [-0.05, 0) is 23.8 Å². The van der Waals surface area contributed by atoms with E-state index in [4.69, 9.17) is 4.74 Å². The summed E-state index contributed by atoms with van der Waals surface area (Å²) in [7, 11) is 1.62. The van der Waals surface area contributed by atoms with Crippen LogP contribution in [0, 0.1) is 5.41 Å². The molecule has 0 spiro atoms. The van der Waals surface area contributed by atoms with Crippen LogP contribution < -0.4 is 0 Å². The summed E-state index contributed by atoms with van der Waals surface area (Å²) in [6.07, 6.45) is 5.21. The minimum Gasteiger partial charge on any atom is -0.481 e. The molecule has 0 unspecified atom stereocenters. The summed E-state index contributed by atoms with van der Waals surface area (Å²) in [6, 6.07) is 9.87. The van der Waals surface area contributed by atoms with Crippen molar-refractivity contribution < 1.29 is 19.4 Å². The Morgan fingerprint density at radius 2 is 1.80 bits per heavy atom. The van der Waals surface area contributed by atoms with Gasteiger partial charge >= 0.3 is 5.97 Å². The standard InChI is InChI=1S/C20H29NO4/c1-25-13-12-21(16-17-8-4-2-5-9-17)18(22)14-20(15-19(23)24)10-6-3-7-11-20/h2,4-5,8-9H,3,6-7,10-16H2,1H3,(H,23,24). The molecule has 2 rings (SSSR count). The van der Waals surface area contributed by atoms with Crippen LogP contribution in [0.4, 0.5) is 0 Å². The molecule has 1 saturated carbocycles. The number of carbonyl (C=O) groups excluding carboxylic acids is 1. The molecular formula is C20H29NO4. The number of carboxylic acids is 1. The molecule has 0 heterocycles. The van der Waals surface area contributed by atoms with Crippen LogP contribution in [0.1, 0.15) is 50.5 Å². The summed E-state index contributed by atoms with van der Waals surface area (Å²) in [5.41, 5.74) is 0.686. The van der Waals surface area contributed by atoms with Gasteiger partial charge in [0.1, 0.15) is 0 Å². The second-order valence-corrected chi connectivity index (χ2v) is 7.10. The third-order valence-electron chi connectivity index (χ3n) is 5.10. The molecule has 138 valence electrons. The van der Waals surface area contributed by atoms with Gasteiger partial charge in [0.25, 0.3) is 0 Å². The van der Waals surface area contributed by atoms with Crippen LogP contribution in [0.3, 0.4) is 0 Å². The van der Waals surface area contributed by atoms with Crippen LogP contribution >= 0.6 is 0 Å². The predicted molar refractivity (Wildman–Crippen MR) is 96.1 cm³/mol. The lowest BCUT2D eigenvalue weighted by Gasteiger charge is -2.37. The SMILES string of the molecule is COCCN(Cc1ccccc1)C(=O)CC1(CC(=O)O)CCCCC1. The fourth-order valence-corrected chi connectivity index (χ4v) is 3.77. The number of amides is 1. The first-order valence-electron chi connectivity index (χ1n) is 9.07. The fourth-order valence-electron chi connectivity index (χ4n) is 3.77. The van der Waals surface area contributed by atoms with E-state index in [1.807, 2.05) is 30.3 Å². The van der Waals surface area contributed by atoms with Crippen LogP contribution in [0.15, 0.2) is 30.3 Å². The van der Waals surface area contributed by atoms with Gasteiger partial charge in [-0.1, -0.05) is 49.6 Å². The number of hydrogen-bond acceptors (Lipinski definition) is 3. The molecule has 0 atom stereocenters. The third-order valence-corrected chi connectivity index (χ3v) is 5.10. The van der Waals surface area contributed by atoms with Crippen LogP contribution in [0.25, 0.3) is 0 Å². The van der Waals surface area contributed by atoms with Crippen LogP contribution in [-0.2, 0) is 20.9 Å². The number of ether oxygens (including phenoxy) is 1. The molecule has 1 aromatic rings. The zero-order chi connectivity index (χ0) is 18.1. The number of methoxy groups -OCH3 is 1. The number of benzene rings is 1. The van der Waals surface area contributed by atoms with Gasteiger partial charge in [-0.3, -0.25) is 9.59 Å². The van der Waals surface area contributed by atoms with Crippen molar-refractivity contribution >= 4 is 11.9 Å². The molecule has 1 N–H and O–H groups in total. The molecule has 1 amide bonds. The van der Waals surface area contributed by atoms with E-state index in [2.05, 4.69) is 0 Å². The Bertz CT molecular complexity index is 552. The monoisotopic (exact) mass is 347 g/mol. The molecule has 1 aromatic carbocycles. The highest BCUT2D eigenvalue weighted by Crippen LogP contribution is 2.42. The van der Waals surface area contributed by atoms with E-state index >= 15 is 0 Å². The quantitative estimate of drug-likeness (QED) is 0.743. The largest absolute Gasteiger partial charge is 0.481 e. The van der Waals surface area contributed by atoms with Crippen molar-refractivity contribution in [1.29, 1.82) is 0 Å². The first kappa shape index (κ1) is 19.4. The average Bonchev–Trinajstić information content (AvgIpc) is 2.59. The smallest absolute Gasteiger partial charge is 0.303 e. The number of carbonyl (C=O) groups is 2. The zero-order valence-corrected chi connectivity index (χ0v) is 15.1. The maximum Gasteiger partial charge on any atom is 0.303 e. The summed E-state index contributed by atoms with van der Waals surface area (Å²) in [5.74, 6) is -0.773. The summed E-state index contributed by atoms with van der Waals surface area (Å²) in [5, 5.41) is 9.31. The van der Waals surface area contributed by atoms with E-state index in [0.717, 1.165) is 37.7 Å². The lowest BCUT2D eigenvalue weighted by atomic mass is 9.69. The van der Waals surface area contributed by atoms with Crippen LogP contribution in [0.5, 0.6) is 0 Å². The van der Waals surface area contributed by atoms with Crippen molar-refractivity contribution in [3.05, 3.63) is 35.9 Å². The molecule has 0 saturated heterocycles. The third kappa shape index (κ3) is 6.16. The van der Waals surface area contributed by atoms with Crippen molar-refractivity contribution in [3.8, 4) is 0 Å². The van der Waals surface area contributed by atoms with E-state index in [-0.39, 0.29) is 17.7 Å². The molecule has 0 radical (unpaired) electrons. The van der Waals surface area contributed by atoms with Crippen LogP contribution in [-0.4, -0.2) is 42.1 Å². The van der Waals surface area contributed by atoms with Gasteiger partial charge in [0, 0.05) is 26.6 Å². The highest BCUT2D eigenvalue weighted by atomic mass is 16.5. The maximum absolute atomic E-state index is 13.0. The Morgan fingerprint density at radius 1 is 1.12 bits per heavy atom. The van der Waals surface area contributed by atoms with Crippen molar-refractivity contribution in [2.75, 3.05) is 20.3 Å². The van der Waals surface area contributed by atoms with Crippen molar-refractivity contribution in [1.82, 2.24) is 4.90 Å². The fraction of sp³-hybridized carbons (Fsp3) is 0.600. The van der Waals surface area contributed by atoms with Crippen molar-refractivity contribution in [3.63, 3.8) is 0 Å². The topological polar surface area (TPSA) is 66.8 Å². The molecular weight excluding hydrogens is 318 g/mol. The molecule has 5 heteroatoms. The van der Waals surface area contributed by atoms with Gasteiger partial charge in [-0.15, -0.1) is 0 Å². The highest BCUT2D eigenvalue weighted by Gasteiger charge is 2.37. The Kier molecular flexibility index (Phi) is 7.44. The Labute approximate surface area is 150 Å². The van der Waals surface area contributed by atoms with Gasteiger partial charge in [-0.2, -0.15) is 0 Å². The highest BCUT2D eigenvalue weighted by molar-refractivity contribution is 5.78. The van der Waals surface area contributed by atoms with Gasteiger partial charge in [-0.25, -0.2) is 0 Å². The summed E-state index contributed by atoms with van der Waals surface area (Å²) in [4.78, 5) is 26.1. The van der Waals surface area contributed by atoms with E-state index in [1.165, 1.54) is 0 Å². The van der Waals surface area contributed by atoms with E-state index in [0.29, 0.717) is 26.1 Å². The number of nitrogens with zero attached hydrogens (tertiary/aromatic N) is 1. The Morgan fingerprint density at radius 3 is 2.40 bits per heavy atom. The second kappa shape index (κ2) is 9.56. The lowest BCUT2D eigenvalue weighted by Crippen LogP contribution is -2.39. The summed E-state index contributed by atoms with van der Waals surface area (Å²) in [6.45, 7) is 1.53. The predicted octanol–water partition coefficient (Wildman–Crippen LogP) is 3.48. The molecule has 25 heavy (non-hydrogen) atoms. The van der Waals surface area contributed by atoms with Crippen molar-refractivity contribution in [2.45, 2.75) is 51.5 Å². The molecule has 0 aromatic heterocycles. The van der Waals surface area contributed by atoms with Gasteiger partial charge in [0.05, 0.1) is 13.0 Å². The van der Waals surface area contributed by atoms with Gasteiger partial charge < -0.3 is 14.7 Å². The van der Waals surface area contributed by atoms with Gasteiger partial charge in [0.2, 0.25) is 5.91 Å². The molecule has 1 fully saturated rings. The zero-order valence-electron chi connectivity index (χ0n) is 15.1. The molecule has 1 aliphatic carbocycles. The van der Waals surface area contributed by atoms with E-state index < -0.39 is 5.97 Å². The first-order chi connectivity index (χ1) is 12.0. The normalized spacial score (nSPS) is 16.4. The molecule has 0 bridgehead atoms. The minimum atomic E-state index is -0.804. The second-order valence-electron chi connectivity index (χ2n) is 7.10. The summed E-state index contributed by atoms with van der Waals surface area (Å²) < 4.78 is 5.15. The Balaban J connectivity index is 2.09. The average molecular weight is 347 g/mol. The van der Waals surface area contributed by atoms with E-state index in [1.54, 1.807) is 12.0 Å². The molecule has 0 aliphatic heterocycles. The van der Waals surface area contributed by atoms with E-state index in [9.17, 15) is 14.7 Å². The molecule has 1 aliphatic rings. The number of aliphatic carboxylic acids is 1.